The summed E-state index contributed by atoms with van der Waals surface area (Å²) in [6.45, 7) is 6.14. The smallest absolute Gasteiger partial charge is 0.168 e. The maximum atomic E-state index is 10.7. The molecule has 4 nitrogen and oxygen atoms in total. The van der Waals surface area contributed by atoms with Crippen LogP contribution in [0.5, 0.6) is 0 Å². The molecule has 0 aliphatic rings. The zero-order valence-corrected chi connectivity index (χ0v) is 9.90. The van der Waals surface area contributed by atoms with Gasteiger partial charge in [0.05, 0.1) is 12.5 Å². The summed E-state index contributed by atoms with van der Waals surface area (Å²) in [6, 6.07) is 0. The predicted molar refractivity (Wildman–Crippen MR) is 59.9 cm³/mol. The zero-order chi connectivity index (χ0) is 11.5. The Balaban J connectivity index is 2.72. The molecule has 15 heavy (non-hydrogen) atoms. The van der Waals surface area contributed by atoms with Crippen LogP contribution < -0.4 is 0 Å². The van der Waals surface area contributed by atoms with E-state index in [4.69, 9.17) is 0 Å². The Morgan fingerprint density at radius 2 is 2.20 bits per heavy atom. The first-order valence-electron chi connectivity index (χ1n) is 5.05. The molecule has 0 aromatic carbocycles. The lowest BCUT2D eigenvalue weighted by atomic mass is 9.93. The van der Waals surface area contributed by atoms with Crippen LogP contribution in [-0.2, 0) is 6.54 Å². The summed E-state index contributed by atoms with van der Waals surface area (Å²) in [5.41, 5.74) is 0.768. The van der Waals surface area contributed by atoms with E-state index in [9.17, 15) is 4.79 Å². The van der Waals surface area contributed by atoms with Gasteiger partial charge in [-0.15, -0.1) is 0 Å². The normalized spacial score (nSPS) is 12.1. The predicted octanol–water partition coefficient (Wildman–Crippen LogP) is 1.28. The lowest BCUT2D eigenvalue weighted by molar-refractivity contribution is 0.111. The van der Waals surface area contributed by atoms with Crippen LogP contribution in [0.1, 0.15) is 24.3 Å². The van der Waals surface area contributed by atoms with Gasteiger partial charge >= 0.3 is 0 Å². The second-order valence-corrected chi connectivity index (χ2v) is 4.97. The molecular weight excluding hydrogens is 190 g/mol. The maximum Gasteiger partial charge on any atom is 0.168 e. The summed E-state index contributed by atoms with van der Waals surface area (Å²) < 4.78 is 1.90. The quantitative estimate of drug-likeness (QED) is 0.686. The first-order chi connectivity index (χ1) is 6.94. The van der Waals surface area contributed by atoms with Crippen molar-refractivity contribution in [2.24, 2.45) is 5.41 Å². The number of aldehydes is 1. The molecule has 1 aromatic rings. The van der Waals surface area contributed by atoms with Gasteiger partial charge in [0.25, 0.3) is 0 Å². The van der Waals surface area contributed by atoms with Gasteiger partial charge in [0, 0.05) is 13.1 Å². The molecule has 0 N–H and O–H groups in total. The van der Waals surface area contributed by atoms with Crippen LogP contribution in [0, 0.1) is 5.41 Å². The lowest BCUT2D eigenvalue weighted by Gasteiger charge is -2.28. The van der Waals surface area contributed by atoms with Crippen LogP contribution in [0.15, 0.2) is 12.5 Å². The van der Waals surface area contributed by atoms with Crippen molar-refractivity contribution in [2.45, 2.75) is 20.4 Å². The van der Waals surface area contributed by atoms with Gasteiger partial charge in [0.15, 0.2) is 6.29 Å². The van der Waals surface area contributed by atoms with E-state index in [0.717, 1.165) is 19.4 Å². The van der Waals surface area contributed by atoms with Crippen LogP contribution in [-0.4, -0.2) is 41.4 Å². The second kappa shape index (κ2) is 4.57. The molecule has 1 heterocycles. The molecule has 1 aromatic heterocycles. The summed E-state index contributed by atoms with van der Waals surface area (Å²) in [5.74, 6) is 0. The van der Waals surface area contributed by atoms with E-state index >= 15 is 0 Å². The average Bonchev–Trinajstić information content (AvgIpc) is 2.48. The molecule has 0 amide bonds. The number of nitrogens with zero attached hydrogens (tertiary/aromatic N) is 3. The van der Waals surface area contributed by atoms with Gasteiger partial charge in [0.2, 0.25) is 0 Å². The molecule has 4 heteroatoms. The molecular formula is C11H19N3O. The molecule has 0 atom stereocenters. The molecule has 0 saturated heterocycles. The number of rotatable bonds is 5. The van der Waals surface area contributed by atoms with Gasteiger partial charge in [-0.25, -0.2) is 4.98 Å². The Bertz CT molecular complexity index is 328. The molecule has 0 radical (unpaired) electrons. The van der Waals surface area contributed by atoms with Crippen molar-refractivity contribution in [1.29, 1.82) is 0 Å². The highest BCUT2D eigenvalue weighted by atomic mass is 16.1. The zero-order valence-electron chi connectivity index (χ0n) is 9.90. The Morgan fingerprint density at radius 1 is 1.53 bits per heavy atom. The minimum absolute atomic E-state index is 0.127. The van der Waals surface area contributed by atoms with Crippen LogP contribution in [0.25, 0.3) is 0 Å². The van der Waals surface area contributed by atoms with E-state index in [1.165, 1.54) is 0 Å². The van der Waals surface area contributed by atoms with Crippen molar-refractivity contribution < 1.29 is 4.79 Å². The fourth-order valence-electron chi connectivity index (χ4n) is 1.93. The Morgan fingerprint density at radius 3 is 2.73 bits per heavy atom. The van der Waals surface area contributed by atoms with Crippen LogP contribution in [0.3, 0.4) is 0 Å². The lowest BCUT2D eigenvalue weighted by Crippen LogP contribution is -2.32. The molecule has 0 saturated carbocycles. The highest BCUT2D eigenvalue weighted by Gasteiger charge is 2.20. The Labute approximate surface area is 90.9 Å². The van der Waals surface area contributed by atoms with Crippen LogP contribution in [0.4, 0.5) is 0 Å². The summed E-state index contributed by atoms with van der Waals surface area (Å²) in [7, 11) is 4.10. The Kier molecular flexibility index (Phi) is 3.63. The van der Waals surface area contributed by atoms with Crippen LogP contribution >= 0.6 is 0 Å². The topological polar surface area (TPSA) is 38.1 Å². The van der Waals surface area contributed by atoms with Crippen molar-refractivity contribution in [3.05, 3.63) is 18.2 Å². The summed E-state index contributed by atoms with van der Waals surface area (Å²) in [5, 5.41) is 0. The average molecular weight is 209 g/mol. The summed E-state index contributed by atoms with van der Waals surface area (Å²) >= 11 is 0. The van der Waals surface area contributed by atoms with Gasteiger partial charge in [-0.2, -0.15) is 0 Å². The minimum atomic E-state index is 0.127. The van der Waals surface area contributed by atoms with Gasteiger partial charge in [-0.05, 0) is 19.5 Å². The van der Waals surface area contributed by atoms with E-state index in [1.54, 1.807) is 12.5 Å². The number of hydrogen-bond donors (Lipinski definition) is 0. The first kappa shape index (κ1) is 11.9. The van der Waals surface area contributed by atoms with Gasteiger partial charge in [-0.1, -0.05) is 13.8 Å². The highest BCUT2D eigenvalue weighted by molar-refractivity contribution is 5.71. The highest BCUT2D eigenvalue weighted by Crippen LogP contribution is 2.19. The molecule has 0 spiro atoms. The third-order valence-corrected chi connectivity index (χ3v) is 2.21. The number of carbonyl (C=O) groups excluding carboxylic acids is 1. The van der Waals surface area contributed by atoms with Crippen LogP contribution in [0.2, 0.25) is 0 Å². The van der Waals surface area contributed by atoms with Crippen molar-refractivity contribution in [3.8, 4) is 0 Å². The minimum Gasteiger partial charge on any atom is -0.328 e. The van der Waals surface area contributed by atoms with Crippen molar-refractivity contribution in [3.63, 3.8) is 0 Å². The number of aromatic nitrogens is 2. The van der Waals surface area contributed by atoms with Crippen molar-refractivity contribution >= 4 is 6.29 Å². The second-order valence-electron chi connectivity index (χ2n) is 4.97. The SMILES string of the molecule is CN(C)CC(C)(C)Cn1cncc1C=O. The van der Waals surface area contributed by atoms with E-state index in [0.29, 0.717) is 5.69 Å². The van der Waals surface area contributed by atoms with Gasteiger partial charge in [-0.3, -0.25) is 4.79 Å². The number of imidazole rings is 1. The Hall–Kier alpha value is -1.16. The standard InChI is InChI=1S/C11H19N3O/c1-11(2,7-13(3)4)8-14-9-12-5-10(14)6-15/h5-6,9H,7-8H2,1-4H3. The van der Waals surface area contributed by atoms with E-state index in [2.05, 4.69) is 37.8 Å². The third-order valence-electron chi connectivity index (χ3n) is 2.21. The molecule has 1 rings (SSSR count). The number of carbonyl (C=O) groups is 1. The largest absolute Gasteiger partial charge is 0.328 e. The molecule has 84 valence electrons. The first-order valence-corrected chi connectivity index (χ1v) is 5.05. The third kappa shape index (κ3) is 3.47. The summed E-state index contributed by atoms with van der Waals surface area (Å²) in [4.78, 5) is 16.8. The number of hydrogen-bond acceptors (Lipinski definition) is 3. The van der Waals surface area contributed by atoms with Crippen molar-refractivity contribution in [1.82, 2.24) is 14.5 Å². The molecule has 0 aliphatic heterocycles. The van der Waals surface area contributed by atoms with E-state index in [-0.39, 0.29) is 5.41 Å². The molecule has 0 unspecified atom stereocenters. The molecule has 0 bridgehead atoms. The van der Waals surface area contributed by atoms with E-state index in [1.807, 2.05) is 4.57 Å². The molecule has 0 fully saturated rings. The summed E-state index contributed by atoms with van der Waals surface area (Å²) in [6.07, 6.45) is 4.15. The monoisotopic (exact) mass is 209 g/mol. The fourth-order valence-corrected chi connectivity index (χ4v) is 1.93. The van der Waals surface area contributed by atoms with Gasteiger partial charge < -0.3 is 9.47 Å². The molecule has 0 aliphatic carbocycles. The maximum absolute atomic E-state index is 10.7. The van der Waals surface area contributed by atoms with Gasteiger partial charge in [0.1, 0.15) is 5.69 Å². The van der Waals surface area contributed by atoms with E-state index < -0.39 is 0 Å². The van der Waals surface area contributed by atoms with Crippen molar-refractivity contribution in [2.75, 3.05) is 20.6 Å². The fraction of sp³-hybridized carbons (Fsp3) is 0.636.